The first-order valence-electron chi connectivity index (χ1n) is 6.06. The van der Waals surface area contributed by atoms with Gasteiger partial charge in [0.15, 0.2) is 0 Å². The molecule has 0 aliphatic heterocycles. The van der Waals surface area contributed by atoms with Crippen LogP contribution in [-0.4, -0.2) is 20.7 Å². The van der Waals surface area contributed by atoms with Gasteiger partial charge in [0.2, 0.25) is 0 Å². The van der Waals surface area contributed by atoms with E-state index >= 15 is 0 Å². The highest BCUT2D eigenvalue weighted by Gasteiger charge is 2.10. The number of carbonyl (C=O) groups is 1. The summed E-state index contributed by atoms with van der Waals surface area (Å²) in [7, 11) is 1.85. The maximum atomic E-state index is 12.2. The van der Waals surface area contributed by atoms with Crippen LogP contribution >= 0.6 is 0 Å². The average Bonchev–Trinajstić information content (AvgIpc) is 3.03. The molecule has 96 valence electrons. The summed E-state index contributed by atoms with van der Waals surface area (Å²) in [6.07, 6.45) is 5.47. The third-order valence-corrected chi connectivity index (χ3v) is 3.05. The molecule has 5 heteroatoms. The maximum absolute atomic E-state index is 12.2. The molecule has 0 spiro atoms. The second kappa shape index (κ2) is 4.61. The van der Waals surface area contributed by atoms with Crippen LogP contribution in [0.3, 0.4) is 0 Å². The van der Waals surface area contributed by atoms with Crippen LogP contribution in [0.15, 0.2) is 42.9 Å². The van der Waals surface area contributed by atoms with Crippen molar-refractivity contribution in [3.63, 3.8) is 0 Å². The molecule has 0 unspecified atom stereocenters. The van der Waals surface area contributed by atoms with Gasteiger partial charge in [-0.1, -0.05) is 6.07 Å². The van der Waals surface area contributed by atoms with Gasteiger partial charge in [0.1, 0.15) is 0 Å². The van der Waals surface area contributed by atoms with Crippen molar-refractivity contribution in [3.8, 4) is 0 Å². The van der Waals surface area contributed by atoms with Crippen molar-refractivity contribution in [1.29, 1.82) is 0 Å². The summed E-state index contributed by atoms with van der Waals surface area (Å²) in [6, 6.07) is 7.56. The quantitative estimate of drug-likeness (QED) is 0.749. The number of nitrogens with one attached hydrogen (secondary N) is 2. The normalized spacial score (nSPS) is 10.8. The number of aryl methyl sites for hydroxylation is 1. The van der Waals surface area contributed by atoms with Crippen LogP contribution in [0.2, 0.25) is 0 Å². The molecule has 0 bridgehead atoms. The minimum absolute atomic E-state index is 0.0750. The molecular weight excluding hydrogens is 240 g/mol. The van der Waals surface area contributed by atoms with Crippen LogP contribution in [0.25, 0.3) is 10.9 Å². The fourth-order valence-electron chi connectivity index (χ4n) is 2.12. The second-order valence-corrected chi connectivity index (χ2v) is 4.45. The number of aromatic amines is 1. The molecule has 3 rings (SSSR count). The number of fused-ring (bicyclic) bond motifs is 1. The van der Waals surface area contributed by atoms with Crippen molar-refractivity contribution < 1.29 is 4.79 Å². The third kappa shape index (κ3) is 2.22. The maximum Gasteiger partial charge on any atom is 0.252 e. The van der Waals surface area contributed by atoms with E-state index in [0.29, 0.717) is 12.1 Å². The van der Waals surface area contributed by atoms with E-state index in [2.05, 4.69) is 15.4 Å². The standard InChI is InChI=1S/C14H14N4O/c1-18-9-10(8-17-18)7-16-14(19)12-3-2-4-13-11(12)5-6-15-13/h2-6,8-9,15H,7H2,1H3,(H,16,19). The molecule has 0 saturated heterocycles. The molecule has 0 radical (unpaired) electrons. The lowest BCUT2D eigenvalue weighted by Crippen LogP contribution is -2.22. The molecule has 1 amide bonds. The average molecular weight is 254 g/mol. The largest absolute Gasteiger partial charge is 0.361 e. The summed E-state index contributed by atoms with van der Waals surface area (Å²) >= 11 is 0. The van der Waals surface area contributed by atoms with Gasteiger partial charge in [-0.25, -0.2) is 0 Å². The van der Waals surface area contributed by atoms with Crippen molar-refractivity contribution in [2.75, 3.05) is 0 Å². The molecule has 0 atom stereocenters. The summed E-state index contributed by atoms with van der Waals surface area (Å²) in [5, 5.41) is 7.91. The summed E-state index contributed by atoms with van der Waals surface area (Å²) in [5.74, 6) is -0.0750. The van der Waals surface area contributed by atoms with Crippen molar-refractivity contribution >= 4 is 16.8 Å². The fraction of sp³-hybridized carbons (Fsp3) is 0.143. The van der Waals surface area contributed by atoms with E-state index in [0.717, 1.165) is 16.5 Å². The zero-order valence-corrected chi connectivity index (χ0v) is 10.6. The predicted octanol–water partition coefficient (Wildman–Crippen LogP) is 1.83. The predicted molar refractivity (Wildman–Crippen MR) is 72.7 cm³/mol. The molecule has 0 aliphatic carbocycles. The van der Waals surface area contributed by atoms with E-state index in [1.165, 1.54) is 0 Å². The lowest BCUT2D eigenvalue weighted by atomic mass is 10.1. The zero-order valence-electron chi connectivity index (χ0n) is 10.6. The van der Waals surface area contributed by atoms with Gasteiger partial charge in [0.25, 0.3) is 5.91 Å². The van der Waals surface area contributed by atoms with Crippen molar-refractivity contribution in [3.05, 3.63) is 54.0 Å². The van der Waals surface area contributed by atoms with Gasteiger partial charge in [0.05, 0.1) is 6.20 Å². The van der Waals surface area contributed by atoms with Gasteiger partial charge in [-0.05, 0) is 18.2 Å². The molecule has 19 heavy (non-hydrogen) atoms. The Hall–Kier alpha value is -2.56. The van der Waals surface area contributed by atoms with Crippen LogP contribution < -0.4 is 5.32 Å². The van der Waals surface area contributed by atoms with E-state index in [-0.39, 0.29) is 5.91 Å². The molecule has 0 saturated carbocycles. The molecule has 5 nitrogen and oxygen atoms in total. The van der Waals surface area contributed by atoms with E-state index in [9.17, 15) is 4.79 Å². The topological polar surface area (TPSA) is 62.7 Å². The highest BCUT2D eigenvalue weighted by molar-refractivity contribution is 6.06. The van der Waals surface area contributed by atoms with Crippen molar-refractivity contribution in [2.45, 2.75) is 6.54 Å². The molecule has 2 heterocycles. The minimum atomic E-state index is -0.0750. The van der Waals surface area contributed by atoms with Crippen LogP contribution in [-0.2, 0) is 13.6 Å². The molecule has 2 aromatic heterocycles. The lowest BCUT2D eigenvalue weighted by molar-refractivity contribution is 0.0952. The third-order valence-electron chi connectivity index (χ3n) is 3.05. The Morgan fingerprint density at radius 1 is 1.42 bits per heavy atom. The number of hydrogen-bond acceptors (Lipinski definition) is 2. The Morgan fingerprint density at radius 2 is 2.32 bits per heavy atom. The fourth-order valence-corrected chi connectivity index (χ4v) is 2.12. The smallest absolute Gasteiger partial charge is 0.252 e. The molecular formula is C14H14N4O. The van der Waals surface area contributed by atoms with E-state index in [1.54, 1.807) is 10.9 Å². The molecule has 0 fully saturated rings. The minimum Gasteiger partial charge on any atom is -0.361 e. The zero-order chi connectivity index (χ0) is 13.2. The number of rotatable bonds is 3. The monoisotopic (exact) mass is 254 g/mol. The molecule has 2 N–H and O–H groups in total. The lowest BCUT2D eigenvalue weighted by Gasteiger charge is -2.04. The van der Waals surface area contributed by atoms with Crippen LogP contribution in [0.4, 0.5) is 0 Å². The van der Waals surface area contributed by atoms with Gasteiger partial charge in [-0.3, -0.25) is 9.48 Å². The molecule has 3 aromatic rings. The SMILES string of the molecule is Cn1cc(CNC(=O)c2cccc3[nH]ccc23)cn1. The van der Waals surface area contributed by atoms with Gasteiger partial charge in [-0.15, -0.1) is 0 Å². The summed E-state index contributed by atoms with van der Waals surface area (Å²) < 4.78 is 1.72. The Kier molecular flexibility index (Phi) is 2.79. The van der Waals surface area contributed by atoms with E-state index in [4.69, 9.17) is 0 Å². The number of amides is 1. The van der Waals surface area contributed by atoms with Gasteiger partial charge < -0.3 is 10.3 Å². The summed E-state index contributed by atoms with van der Waals surface area (Å²) in [6.45, 7) is 0.480. The first-order chi connectivity index (χ1) is 9.24. The first kappa shape index (κ1) is 11.5. The van der Waals surface area contributed by atoms with E-state index in [1.807, 2.05) is 43.7 Å². The number of hydrogen-bond donors (Lipinski definition) is 2. The Labute approximate surface area is 110 Å². The molecule has 0 aliphatic rings. The number of aromatic nitrogens is 3. The first-order valence-corrected chi connectivity index (χ1v) is 6.06. The van der Waals surface area contributed by atoms with Crippen LogP contribution in [0.1, 0.15) is 15.9 Å². The van der Waals surface area contributed by atoms with Gasteiger partial charge in [-0.2, -0.15) is 5.10 Å². The van der Waals surface area contributed by atoms with Gasteiger partial charge >= 0.3 is 0 Å². The number of H-pyrrole nitrogens is 1. The van der Waals surface area contributed by atoms with Crippen molar-refractivity contribution in [2.24, 2.45) is 7.05 Å². The molecule has 1 aromatic carbocycles. The van der Waals surface area contributed by atoms with Crippen LogP contribution in [0, 0.1) is 0 Å². The Bertz CT molecular complexity index is 726. The van der Waals surface area contributed by atoms with Crippen molar-refractivity contribution in [1.82, 2.24) is 20.1 Å². The number of nitrogens with zero attached hydrogens (tertiary/aromatic N) is 2. The van der Waals surface area contributed by atoms with Crippen LogP contribution in [0.5, 0.6) is 0 Å². The highest BCUT2D eigenvalue weighted by atomic mass is 16.1. The van der Waals surface area contributed by atoms with Gasteiger partial charge in [0, 0.05) is 48.0 Å². The Morgan fingerprint density at radius 3 is 3.11 bits per heavy atom. The highest BCUT2D eigenvalue weighted by Crippen LogP contribution is 2.17. The summed E-state index contributed by atoms with van der Waals surface area (Å²) in [5.41, 5.74) is 2.63. The second-order valence-electron chi connectivity index (χ2n) is 4.45. The Balaban J connectivity index is 1.78. The van der Waals surface area contributed by atoms with E-state index < -0.39 is 0 Å². The number of benzene rings is 1. The summed E-state index contributed by atoms with van der Waals surface area (Å²) in [4.78, 5) is 15.3. The number of carbonyl (C=O) groups excluding carboxylic acids is 1.